The summed E-state index contributed by atoms with van der Waals surface area (Å²) < 4.78 is 29.1. The Morgan fingerprint density at radius 3 is 2.41 bits per heavy atom. The van der Waals surface area contributed by atoms with Crippen LogP contribution in [0.25, 0.3) is 10.9 Å². The summed E-state index contributed by atoms with van der Waals surface area (Å²) in [6.45, 7) is 1.08. The van der Waals surface area contributed by atoms with Crippen LogP contribution in [0.15, 0.2) is 81.2 Å². The van der Waals surface area contributed by atoms with Crippen LogP contribution < -0.4 is 21.3 Å². The fourth-order valence-corrected chi connectivity index (χ4v) is 4.84. The molecule has 1 aromatic heterocycles. The van der Waals surface area contributed by atoms with Gasteiger partial charge < -0.3 is 10.3 Å². The molecule has 4 rings (SSSR count). The van der Waals surface area contributed by atoms with Crippen LogP contribution in [0.1, 0.15) is 5.56 Å². The van der Waals surface area contributed by atoms with Crippen molar-refractivity contribution in [2.24, 2.45) is 0 Å². The molecule has 1 amide bonds. The van der Waals surface area contributed by atoms with E-state index in [2.05, 4.69) is 15.0 Å². The van der Waals surface area contributed by atoms with Gasteiger partial charge in [-0.3, -0.25) is 18.9 Å². The lowest BCUT2D eigenvalue weighted by molar-refractivity contribution is -0.116. The van der Waals surface area contributed by atoms with Gasteiger partial charge in [-0.1, -0.05) is 29.8 Å². The average Bonchev–Trinajstić information content (AvgIpc) is 2.79. The van der Waals surface area contributed by atoms with Crippen molar-refractivity contribution in [2.45, 2.75) is 18.4 Å². The summed E-state index contributed by atoms with van der Waals surface area (Å²) in [6.07, 6.45) is 0. The number of nitrogens with zero attached hydrogens (tertiary/aromatic N) is 1. The van der Waals surface area contributed by atoms with Crippen molar-refractivity contribution in [3.8, 4) is 0 Å². The van der Waals surface area contributed by atoms with Gasteiger partial charge in [-0.25, -0.2) is 13.2 Å². The summed E-state index contributed by atoms with van der Waals surface area (Å²) in [5.41, 5.74) is 0.0231. The van der Waals surface area contributed by atoms with Gasteiger partial charge in [0.15, 0.2) is 0 Å². The molecule has 4 aromatic rings. The molecule has 0 aliphatic heterocycles. The number of rotatable bonds is 6. The molecule has 0 saturated carbocycles. The number of carbonyl (C=O) groups is 1. The van der Waals surface area contributed by atoms with Gasteiger partial charge in [0.1, 0.15) is 6.54 Å². The highest BCUT2D eigenvalue weighted by Crippen LogP contribution is 2.24. The highest BCUT2D eigenvalue weighted by molar-refractivity contribution is 7.92. The minimum absolute atomic E-state index is 0.0408. The van der Waals surface area contributed by atoms with E-state index in [-0.39, 0.29) is 16.0 Å². The fourth-order valence-electron chi connectivity index (χ4n) is 3.38. The van der Waals surface area contributed by atoms with Crippen LogP contribution in [0.4, 0.5) is 11.4 Å². The van der Waals surface area contributed by atoms with Gasteiger partial charge in [-0.2, -0.15) is 0 Å². The Morgan fingerprint density at radius 2 is 1.68 bits per heavy atom. The van der Waals surface area contributed by atoms with Crippen LogP contribution in [0.2, 0.25) is 5.02 Å². The smallest absolute Gasteiger partial charge is 0.324 e. The first-order chi connectivity index (χ1) is 16.1. The van der Waals surface area contributed by atoms with E-state index in [1.807, 2.05) is 0 Å². The Morgan fingerprint density at radius 1 is 1.00 bits per heavy atom. The number of anilines is 2. The van der Waals surface area contributed by atoms with Gasteiger partial charge in [0.2, 0.25) is 5.91 Å². The zero-order chi connectivity index (χ0) is 24.5. The number of aromatic amines is 1. The number of aromatic nitrogens is 2. The van der Waals surface area contributed by atoms with Crippen LogP contribution in [-0.2, 0) is 21.4 Å². The zero-order valence-corrected chi connectivity index (χ0v) is 19.4. The van der Waals surface area contributed by atoms with E-state index in [9.17, 15) is 22.8 Å². The summed E-state index contributed by atoms with van der Waals surface area (Å²) >= 11 is 5.84. The lowest BCUT2D eigenvalue weighted by Crippen LogP contribution is -2.38. The molecule has 0 aliphatic rings. The first-order valence-electron chi connectivity index (χ1n) is 10.0. The third-order valence-corrected chi connectivity index (χ3v) is 6.82. The monoisotopic (exact) mass is 498 g/mol. The van der Waals surface area contributed by atoms with Crippen molar-refractivity contribution in [3.05, 3.63) is 98.2 Å². The molecule has 3 aromatic carbocycles. The number of aryl methyl sites for hydroxylation is 1. The molecule has 0 saturated heterocycles. The molecule has 34 heavy (non-hydrogen) atoms. The Balaban J connectivity index is 1.57. The lowest BCUT2D eigenvalue weighted by atomic mass is 10.2. The highest BCUT2D eigenvalue weighted by Gasteiger charge is 2.19. The summed E-state index contributed by atoms with van der Waals surface area (Å²) in [5, 5.41) is 3.28. The predicted octanol–water partition coefficient (Wildman–Crippen LogP) is 3.09. The van der Waals surface area contributed by atoms with Gasteiger partial charge >= 0.3 is 5.69 Å². The van der Waals surface area contributed by atoms with E-state index in [1.165, 1.54) is 24.3 Å². The third-order valence-electron chi connectivity index (χ3n) is 5.05. The third kappa shape index (κ3) is 4.87. The van der Waals surface area contributed by atoms with Crippen molar-refractivity contribution >= 4 is 49.8 Å². The van der Waals surface area contributed by atoms with Crippen molar-refractivity contribution in [1.82, 2.24) is 9.55 Å². The van der Waals surface area contributed by atoms with Crippen molar-refractivity contribution in [1.29, 1.82) is 0 Å². The van der Waals surface area contributed by atoms with Gasteiger partial charge in [0.05, 0.1) is 15.8 Å². The number of sulfonamides is 1. The van der Waals surface area contributed by atoms with E-state index in [1.54, 1.807) is 49.4 Å². The van der Waals surface area contributed by atoms with Crippen LogP contribution in [-0.4, -0.2) is 23.9 Å². The van der Waals surface area contributed by atoms with Crippen molar-refractivity contribution in [2.75, 3.05) is 10.0 Å². The predicted molar refractivity (Wildman–Crippen MR) is 131 cm³/mol. The number of hydrogen-bond acceptors (Lipinski definition) is 5. The van der Waals surface area contributed by atoms with Crippen LogP contribution >= 0.6 is 11.6 Å². The van der Waals surface area contributed by atoms with Gasteiger partial charge in [0, 0.05) is 16.4 Å². The molecule has 9 nitrogen and oxygen atoms in total. The maximum atomic E-state index is 12.9. The Labute approximate surface area is 199 Å². The fraction of sp³-hybridized carbons (Fsp3) is 0.0870. The summed E-state index contributed by atoms with van der Waals surface area (Å²) in [6, 6.07) is 17.0. The Hall–Kier alpha value is -3.89. The van der Waals surface area contributed by atoms with Crippen LogP contribution in [0.3, 0.4) is 0 Å². The number of carbonyl (C=O) groups excluding carboxylic acids is 1. The molecule has 174 valence electrons. The number of benzene rings is 3. The molecule has 0 bridgehead atoms. The molecule has 0 radical (unpaired) electrons. The Kier molecular flexibility index (Phi) is 6.27. The van der Waals surface area contributed by atoms with E-state index in [0.717, 1.165) is 4.57 Å². The number of para-hydroxylation sites is 1. The second-order valence-corrected chi connectivity index (χ2v) is 9.60. The minimum atomic E-state index is -3.97. The topological polar surface area (TPSA) is 130 Å². The molecule has 0 fully saturated rings. The van der Waals surface area contributed by atoms with E-state index in [0.29, 0.717) is 21.8 Å². The molecule has 3 N–H and O–H groups in total. The molecule has 1 heterocycles. The molecule has 0 aliphatic carbocycles. The van der Waals surface area contributed by atoms with Crippen molar-refractivity contribution in [3.63, 3.8) is 0 Å². The maximum absolute atomic E-state index is 12.9. The first-order valence-corrected chi connectivity index (χ1v) is 11.9. The number of amides is 1. The lowest BCUT2D eigenvalue weighted by Gasteiger charge is -2.13. The number of nitrogens with one attached hydrogen (secondary N) is 3. The SMILES string of the molecule is Cc1ccc(NC(=O)Cn2c(=O)[nH]c3ccccc3c2=O)cc1S(=O)(=O)Nc1ccc(Cl)cc1. The molecule has 0 atom stereocenters. The molecule has 0 unspecified atom stereocenters. The molecule has 0 spiro atoms. The van der Waals surface area contributed by atoms with E-state index >= 15 is 0 Å². The standard InChI is InChI=1S/C23H19ClN4O5S/c1-14-6-9-17(12-20(14)34(32,33)27-16-10-7-15(24)8-11-16)25-21(29)13-28-22(30)18-4-2-3-5-19(18)26-23(28)31/h2-12,27H,13H2,1H3,(H,25,29)(H,26,31). The summed E-state index contributed by atoms with van der Waals surface area (Å²) in [7, 11) is -3.97. The van der Waals surface area contributed by atoms with Gasteiger partial charge in [-0.05, 0) is 61.0 Å². The minimum Gasteiger partial charge on any atom is -0.324 e. The Bertz CT molecular complexity index is 1630. The molecule has 11 heteroatoms. The first kappa shape index (κ1) is 23.3. The number of halogens is 1. The van der Waals surface area contributed by atoms with Crippen LogP contribution in [0.5, 0.6) is 0 Å². The van der Waals surface area contributed by atoms with Gasteiger partial charge in [0.25, 0.3) is 15.6 Å². The van der Waals surface area contributed by atoms with Crippen molar-refractivity contribution < 1.29 is 13.2 Å². The molecular weight excluding hydrogens is 480 g/mol. The number of H-pyrrole nitrogens is 1. The highest BCUT2D eigenvalue weighted by atomic mass is 35.5. The van der Waals surface area contributed by atoms with Crippen LogP contribution in [0, 0.1) is 6.92 Å². The summed E-state index contributed by atoms with van der Waals surface area (Å²) in [5.74, 6) is -0.666. The summed E-state index contributed by atoms with van der Waals surface area (Å²) in [4.78, 5) is 40.0. The van der Waals surface area contributed by atoms with Gasteiger partial charge in [-0.15, -0.1) is 0 Å². The largest absolute Gasteiger partial charge is 0.329 e. The number of fused-ring (bicyclic) bond motifs is 1. The quantitative estimate of drug-likeness (QED) is 0.376. The molecular formula is C23H19ClN4O5S. The number of hydrogen-bond donors (Lipinski definition) is 3. The maximum Gasteiger partial charge on any atom is 0.329 e. The van der Waals surface area contributed by atoms with E-state index < -0.39 is 33.7 Å². The zero-order valence-electron chi connectivity index (χ0n) is 17.8. The average molecular weight is 499 g/mol. The van der Waals surface area contributed by atoms with E-state index in [4.69, 9.17) is 11.6 Å². The second kappa shape index (κ2) is 9.16. The normalized spacial score (nSPS) is 11.4. The second-order valence-electron chi connectivity index (χ2n) is 7.51.